The fourth-order valence-corrected chi connectivity index (χ4v) is 7.49. The minimum Gasteiger partial charge on any atom is -0.328 e. The van der Waals surface area contributed by atoms with E-state index in [0.717, 1.165) is 50.0 Å². The Labute approximate surface area is 214 Å². The molecule has 8 rings (SSSR count). The van der Waals surface area contributed by atoms with Gasteiger partial charge in [0.2, 0.25) is 0 Å². The van der Waals surface area contributed by atoms with Crippen LogP contribution in [-0.4, -0.2) is 17.6 Å². The van der Waals surface area contributed by atoms with Gasteiger partial charge in [-0.25, -0.2) is 0 Å². The van der Waals surface area contributed by atoms with E-state index >= 15 is 0 Å². The maximum Gasteiger partial charge on any atom is 0.677 e. The number of nitrogens with zero attached hydrogens (tertiary/aromatic N) is 2. The van der Waals surface area contributed by atoms with Crippen LogP contribution in [0.25, 0.3) is 49.4 Å². The van der Waals surface area contributed by atoms with Gasteiger partial charge >= 0.3 is 7.40 Å². The number of aliphatic imine (C=N–C) groups is 1. The number of halogens is 2. The van der Waals surface area contributed by atoms with Gasteiger partial charge in [-0.1, -0.05) is 72.8 Å². The van der Waals surface area contributed by atoms with Crippen molar-refractivity contribution in [1.29, 1.82) is 0 Å². The predicted molar refractivity (Wildman–Crippen MR) is 150 cm³/mol. The highest BCUT2D eigenvalue weighted by atomic mass is 19.2. The summed E-state index contributed by atoms with van der Waals surface area (Å²) in [6, 6.07) is 25.3. The Hall–Kier alpha value is -3.99. The summed E-state index contributed by atoms with van der Waals surface area (Å²) in [5, 5.41) is 4.81. The van der Waals surface area contributed by atoms with Gasteiger partial charge in [0, 0.05) is 40.1 Å². The zero-order valence-electron chi connectivity index (χ0n) is 20.8. The number of aromatic nitrogens is 1. The number of hydrogen-bond acceptors (Lipinski definition) is 1. The Morgan fingerprint density at radius 2 is 1.32 bits per heavy atom. The quantitative estimate of drug-likeness (QED) is 0.219. The lowest BCUT2D eigenvalue weighted by atomic mass is 9.85. The fraction of sp³-hybridized carbons (Fsp3) is 0.156. The zero-order chi connectivity index (χ0) is 25.2. The van der Waals surface area contributed by atoms with E-state index in [1.807, 2.05) is 26.0 Å². The van der Waals surface area contributed by atoms with Crippen molar-refractivity contribution < 1.29 is 8.63 Å². The van der Waals surface area contributed by atoms with Crippen LogP contribution in [0, 0.1) is 6.92 Å². The first-order chi connectivity index (χ1) is 18.0. The summed E-state index contributed by atoms with van der Waals surface area (Å²) in [6.07, 6.45) is 0. The van der Waals surface area contributed by atoms with Gasteiger partial charge in [0.15, 0.2) is 0 Å². The highest BCUT2D eigenvalue weighted by Gasteiger charge is 2.44. The third kappa shape index (κ3) is 2.47. The average Bonchev–Trinajstić information content (AvgIpc) is 3.60. The van der Waals surface area contributed by atoms with E-state index in [-0.39, 0.29) is 11.8 Å². The SMILES string of the molecule is CC1=N/C(=C(/C)c2c3c(c(C)n2B(F)F)-c2cccc4cccc-3c24)C2c3cccc4cccc(c34)C12. The summed E-state index contributed by atoms with van der Waals surface area (Å²) in [7, 11) is -2.64. The molecular formula is C32H23BF2N2. The van der Waals surface area contributed by atoms with E-state index in [0.29, 0.717) is 11.4 Å². The molecule has 2 unspecified atom stereocenters. The second-order valence-corrected chi connectivity index (χ2v) is 10.6. The van der Waals surface area contributed by atoms with Gasteiger partial charge in [0.05, 0.1) is 5.70 Å². The molecule has 0 bridgehead atoms. The molecule has 37 heavy (non-hydrogen) atoms. The van der Waals surface area contributed by atoms with Gasteiger partial charge in [0.25, 0.3) is 0 Å². The first-order valence-corrected chi connectivity index (χ1v) is 12.8. The second-order valence-electron chi connectivity index (χ2n) is 10.6. The summed E-state index contributed by atoms with van der Waals surface area (Å²) in [4.78, 5) is 5.11. The minimum atomic E-state index is -2.64. The predicted octanol–water partition coefficient (Wildman–Crippen LogP) is 8.61. The molecule has 1 aromatic heterocycles. The summed E-state index contributed by atoms with van der Waals surface area (Å²) < 4.78 is 30.8. The maximum absolute atomic E-state index is 14.8. The van der Waals surface area contributed by atoms with Crippen molar-refractivity contribution in [3.63, 3.8) is 0 Å². The van der Waals surface area contributed by atoms with Crippen LogP contribution in [0.4, 0.5) is 8.63 Å². The van der Waals surface area contributed by atoms with E-state index in [1.165, 1.54) is 26.4 Å². The lowest BCUT2D eigenvalue weighted by Crippen LogP contribution is -2.18. The molecular weight excluding hydrogens is 461 g/mol. The van der Waals surface area contributed by atoms with Crippen molar-refractivity contribution in [3.8, 4) is 22.3 Å². The summed E-state index contributed by atoms with van der Waals surface area (Å²) in [5.74, 6) is 0.188. The maximum atomic E-state index is 14.8. The Morgan fingerprint density at radius 3 is 1.97 bits per heavy atom. The molecule has 2 atom stereocenters. The van der Waals surface area contributed by atoms with Crippen molar-refractivity contribution in [2.24, 2.45) is 4.99 Å². The van der Waals surface area contributed by atoms with Crippen LogP contribution in [0.5, 0.6) is 0 Å². The van der Waals surface area contributed by atoms with E-state index in [4.69, 9.17) is 4.99 Å². The number of rotatable bonds is 2. The van der Waals surface area contributed by atoms with E-state index < -0.39 is 7.40 Å². The molecule has 0 radical (unpaired) electrons. The monoisotopic (exact) mass is 484 g/mol. The lowest BCUT2D eigenvalue weighted by Gasteiger charge is -2.18. The molecule has 0 amide bonds. The standard InChI is InChI=1S/C32H23BF2N2/c1-16(31-29-23-14-6-10-19-8-4-12-21(27(19)23)25(29)17(2)36-31)32-30-24-15-7-11-20-9-5-13-22(28(20)24)26(30)18(3)37(32)33(34)35/h4-15,25,29H,1-3H3/b31-16-. The number of benzene rings is 4. The van der Waals surface area contributed by atoms with Crippen molar-refractivity contribution in [2.75, 3.05) is 0 Å². The topological polar surface area (TPSA) is 17.3 Å². The molecule has 0 N–H and O–H groups in total. The molecule has 4 aromatic carbocycles. The summed E-state index contributed by atoms with van der Waals surface area (Å²) >= 11 is 0. The van der Waals surface area contributed by atoms with Crippen LogP contribution in [-0.2, 0) is 0 Å². The molecule has 0 spiro atoms. The molecule has 178 valence electrons. The van der Waals surface area contributed by atoms with Gasteiger partial charge in [-0.05, 0) is 70.1 Å². The average molecular weight is 484 g/mol. The molecule has 3 aliphatic rings. The first-order valence-electron chi connectivity index (χ1n) is 12.8. The lowest BCUT2D eigenvalue weighted by molar-refractivity contribution is 0.624. The summed E-state index contributed by atoms with van der Waals surface area (Å²) in [5.41, 5.74) is 10.5. The number of hydrogen-bond donors (Lipinski definition) is 0. The van der Waals surface area contributed by atoms with E-state index in [1.54, 1.807) is 0 Å². The van der Waals surface area contributed by atoms with Gasteiger partial charge in [0.1, 0.15) is 0 Å². The Bertz CT molecular complexity index is 1900. The van der Waals surface area contributed by atoms with Gasteiger partial charge in [-0.3, -0.25) is 13.6 Å². The van der Waals surface area contributed by atoms with E-state index in [2.05, 4.69) is 67.6 Å². The fourth-order valence-electron chi connectivity index (χ4n) is 7.49. The molecule has 5 aromatic rings. The van der Waals surface area contributed by atoms with Crippen LogP contribution in [0.1, 0.15) is 48.2 Å². The van der Waals surface area contributed by atoms with Gasteiger partial charge < -0.3 is 4.48 Å². The van der Waals surface area contributed by atoms with Crippen LogP contribution in [0.3, 0.4) is 0 Å². The van der Waals surface area contributed by atoms with Gasteiger partial charge in [-0.15, -0.1) is 0 Å². The van der Waals surface area contributed by atoms with Crippen LogP contribution in [0.15, 0.2) is 83.5 Å². The minimum absolute atomic E-state index is 0.0395. The van der Waals surface area contributed by atoms with Crippen molar-refractivity contribution in [2.45, 2.75) is 32.6 Å². The number of allylic oxidation sites excluding steroid dienone is 2. The van der Waals surface area contributed by atoms with Crippen molar-refractivity contribution in [3.05, 3.63) is 101 Å². The summed E-state index contributed by atoms with van der Waals surface area (Å²) in [6.45, 7) is 5.91. The second kappa shape index (κ2) is 7.07. The molecule has 0 fully saturated rings. The van der Waals surface area contributed by atoms with Crippen molar-refractivity contribution >= 4 is 40.2 Å². The third-order valence-electron chi connectivity index (χ3n) is 8.84. The highest BCUT2D eigenvalue weighted by molar-refractivity contribution is 6.42. The highest BCUT2D eigenvalue weighted by Crippen LogP contribution is 2.58. The Balaban J connectivity index is 1.45. The molecule has 2 aliphatic carbocycles. The Kier molecular flexibility index (Phi) is 4.04. The third-order valence-corrected chi connectivity index (χ3v) is 8.84. The molecule has 1 aliphatic heterocycles. The molecule has 2 nitrogen and oxygen atoms in total. The van der Waals surface area contributed by atoms with Gasteiger partial charge in [-0.2, -0.15) is 0 Å². The Morgan fingerprint density at radius 1 is 0.757 bits per heavy atom. The van der Waals surface area contributed by atoms with E-state index in [9.17, 15) is 8.63 Å². The van der Waals surface area contributed by atoms with Crippen molar-refractivity contribution in [1.82, 2.24) is 4.48 Å². The van der Waals surface area contributed by atoms with Crippen LogP contribution in [0.2, 0.25) is 0 Å². The first kappa shape index (κ1) is 21.1. The van der Waals surface area contributed by atoms with Crippen LogP contribution < -0.4 is 0 Å². The molecule has 0 saturated heterocycles. The van der Waals surface area contributed by atoms with Crippen LogP contribution >= 0.6 is 0 Å². The molecule has 0 saturated carbocycles. The number of fused-ring (bicyclic) bond motifs is 6. The normalized spacial score (nSPS) is 20.0. The molecule has 5 heteroatoms. The molecule has 2 heterocycles. The largest absolute Gasteiger partial charge is 0.677 e. The zero-order valence-corrected chi connectivity index (χ0v) is 20.8. The smallest absolute Gasteiger partial charge is 0.328 e.